The Morgan fingerprint density at radius 2 is 2.00 bits per heavy atom. The van der Waals surface area contributed by atoms with E-state index in [0.717, 1.165) is 34.0 Å². The number of rotatable bonds is 5. The van der Waals surface area contributed by atoms with Gasteiger partial charge in [-0.25, -0.2) is 9.98 Å². The van der Waals surface area contributed by atoms with Crippen LogP contribution in [0.5, 0.6) is 0 Å². The standard InChI is InChI=1S/C18H21N5S.HI/c1-3-19-18(23-12-16-21-10-13(2)24-16)22-11-15-7-4-6-14-8-5-9-20-17(14)15;/h4-10H,3,11-12H2,1-2H3,(H2,19,22,23);1H. The van der Waals surface area contributed by atoms with E-state index in [1.165, 1.54) is 4.88 Å². The molecule has 1 aromatic carbocycles. The second-order valence-electron chi connectivity index (χ2n) is 5.41. The lowest BCUT2D eigenvalue weighted by molar-refractivity contribution is 0.812. The molecule has 0 saturated carbocycles. The van der Waals surface area contributed by atoms with Crippen LogP contribution in [0.2, 0.25) is 0 Å². The summed E-state index contributed by atoms with van der Waals surface area (Å²) < 4.78 is 0. The third-order valence-corrected chi connectivity index (χ3v) is 4.46. The van der Waals surface area contributed by atoms with Crippen LogP contribution in [0.3, 0.4) is 0 Å². The number of hydrogen-bond acceptors (Lipinski definition) is 4. The maximum atomic E-state index is 4.69. The van der Waals surface area contributed by atoms with Crippen LogP contribution >= 0.6 is 35.3 Å². The first-order valence-corrected chi connectivity index (χ1v) is 8.84. The third kappa shape index (κ3) is 5.37. The number of aryl methyl sites for hydroxylation is 1. The minimum absolute atomic E-state index is 0. The summed E-state index contributed by atoms with van der Waals surface area (Å²) in [4.78, 5) is 14.8. The fourth-order valence-corrected chi connectivity index (χ4v) is 3.17. The predicted octanol–water partition coefficient (Wildman–Crippen LogP) is 3.87. The highest BCUT2D eigenvalue weighted by atomic mass is 127. The molecule has 0 spiro atoms. The molecule has 0 unspecified atom stereocenters. The third-order valence-electron chi connectivity index (χ3n) is 3.54. The molecular formula is C18H22IN5S. The molecule has 2 N–H and O–H groups in total. The number of guanidine groups is 1. The number of pyridine rings is 1. The highest BCUT2D eigenvalue weighted by Gasteiger charge is 2.04. The number of nitrogens with one attached hydrogen (secondary N) is 2. The number of fused-ring (bicyclic) bond motifs is 1. The van der Waals surface area contributed by atoms with Crippen LogP contribution in [0, 0.1) is 6.92 Å². The number of nitrogens with zero attached hydrogens (tertiary/aromatic N) is 3. The van der Waals surface area contributed by atoms with Crippen LogP contribution in [0.4, 0.5) is 0 Å². The molecule has 0 atom stereocenters. The summed E-state index contributed by atoms with van der Waals surface area (Å²) in [6.45, 7) is 6.20. The molecule has 0 aliphatic heterocycles. The van der Waals surface area contributed by atoms with Crippen molar-refractivity contribution >= 4 is 52.2 Å². The van der Waals surface area contributed by atoms with Crippen molar-refractivity contribution in [3.63, 3.8) is 0 Å². The van der Waals surface area contributed by atoms with Gasteiger partial charge in [0, 0.05) is 29.2 Å². The summed E-state index contributed by atoms with van der Waals surface area (Å²) in [6.07, 6.45) is 3.72. The fourth-order valence-electron chi connectivity index (χ4n) is 2.44. The first kappa shape index (κ1) is 19.6. The topological polar surface area (TPSA) is 62.2 Å². The van der Waals surface area contributed by atoms with E-state index in [1.807, 2.05) is 24.5 Å². The molecule has 3 aromatic rings. The summed E-state index contributed by atoms with van der Waals surface area (Å²) in [5.41, 5.74) is 2.13. The molecule has 0 radical (unpaired) electrons. The Morgan fingerprint density at radius 1 is 1.16 bits per heavy atom. The molecular weight excluding hydrogens is 445 g/mol. The molecule has 7 heteroatoms. The molecule has 0 saturated heterocycles. The van der Waals surface area contributed by atoms with Gasteiger partial charge in [-0.1, -0.05) is 24.3 Å². The van der Waals surface area contributed by atoms with Gasteiger partial charge in [-0.15, -0.1) is 35.3 Å². The SMILES string of the molecule is CCNC(=NCc1cccc2cccnc12)NCc1ncc(C)s1.I. The first-order valence-electron chi connectivity index (χ1n) is 8.02. The normalized spacial score (nSPS) is 11.2. The van der Waals surface area contributed by atoms with Gasteiger partial charge in [-0.05, 0) is 25.5 Å². The van der Waals surface area contributed by atoms with E-state index in [0.29, 0.717) is 13.1 Å². The Balaban J connectivity index is 0.00000225. The Kier molecular flexibility index (Phi) is 7.57. The maximum absolute atomic E-state index is 4.69. The van der Waals surface area contributed by atoms with Crippen molar-refractivity contribution in [1.82, 2.24) is 20.6 Å². The van der Waals surface area contributed by atoms with Crippen LogP contribution in [0.15, 0.2) is 47.7 Å². The zero-order valence-electron chi connectivity index (χ0n) is 14.3. The zero-order valence-corrected chi connectivity index (χ0v) is 17.5. The fraction of sp³-hybridized carbons (Fsp3) is 0.278. The lowest BCUT2D eigenvalue weighted by Crippen LogP contribution is -2.36. The predicted molar refractivity (Wildman–Crippen MR) is 116 cm³/mol. The van der Waals surface area contributed by atoms with Crippen molar-refractivity contribution in [2.75, 3.05) is 6.54 Å². The summed E-state index contributed by atoms with van der Waals surface area (Å²) in [6, 6.07) is 10.2. The highest BCUT2D eigenvalue weighted by molar-refractivity contribution is 14.0. The minimum atomic E-state index is 0. The smallest absolute Gasteiger partial charge is 0.191 e. The molecule has 5 nitrogen and oxygen atoms in total. The molecule has 25 heavy (non-hydrogen) atoms. The van der Waals surface area contributed by atoms with Gasteiger partial charge >= 0.3 is 0 Å². The van der Waals surface area contributed by atoms with Crippen molar-refractivity contribution in [2.45, 2.75) is 26.9 Å². The second-order valence-corrected chi connectivity index (χ2v) is 6.72. The Labute approximate surface area is 169 Å². The van der Waals surface area contributed by atoms with Crippen LogP contribution in [-0.4, -0.2) is 22.5 Å². The van der Waals surface area contributed by atoms with Gasteiger partial charge in [0.2, 0.25) is 0 Å². The Hall–Kier alpha value is -1.74. The first-order chi connectivity index (χ1) is 11.8. The molecule has 3 rings (SSSR count). The monoisotopic (exact) mass is 467 g/mol. The second kappa shape index (κ2) is 9.67. The Morgan fingerprint density at radius 3 is 2.76 bits per heavy atom. The van der Waals surface area contributed by atoms with Crippen molar-refractivity contribution in [3.8, 4) is 0 Å². The number of para-hydroxylation sites is 1. The van der Waals surface area contributed by atoms with Crippen molar-refractivity contribution < 1.29 is 0 Å². The van der Waals surface area contributed by atoms with Gasteiger partial charge in [-0.2, -0.15) is 0 Å². The number of aliphatic imine (C=N–C) groups is 1. The quantitative estimate of drug-likeness (QED) is 0.340. The van der Waals surface area contributed by atoms with Gasteiger partial charge in [0.05, 0.1) is 18.6 Å². The van der Waals surface area contributed by atoms with Crippen LogP contribution in [0.25, 0.3) is 10.9 Å². The molecule has 132 valence electrons. The van der Waals surface area contributed by atoms with Crippen molar-refractivity contribution in [3.05, 3.63) is 58.2 Å². The van der Waals surface area contributed by atoms with Gasteiger partial charge < -0.3 is 10.6 Å². The van der Waals surface area contributed by atoms with Crippen LogP contribution in [-0.2, 0) is 13.1 Å². The van der Waals surface area contributed by atoms with E-state index in [2.05, 4.69) is 57.6 Å². The summed E-state index contributed by atoms with van der Waals surface area (Å²) >= 11 is 1.70. The molecule has 0 bridgehead atoms. The van der Waals surface area contributed by atoms with E-state index in [-0.39, 0.29) is 24.0 Å². The minimum Gasteiger partial charge on any atom is -0.357 e. The summed E-state index contributed by atoms with van der Waals surface area (Å²) in [7, 11) is 0. The highest BCUT2D eigenvalue weighted by Crippen LogP contribution is 2.16. The average Bonchev–Trinajstić information content (AvgIpc) is 3.03. The molecule has 0 amide bonds. The summed E-state index contributed by atoms with van der Waals surface area (Å²) in [5, 5.41) is 8.81. The van der Waals surface area contributed by atoms with Crippen molar-refractivity contribution in [1.29, 1.82) is 0 Å². The zero-order chi connectivity index (χ0) is 16.8. The van der Waals surface area contributed by atoms with E-state index in [9.17, 15) is 0 Å². The van der Waals surface area contributed by atoms with E-state index >= 15 is 0 Å². The number of hydrogen-bond donors (Lipinski definition) is 2. The number of halogens is 1. The summed E-state index contributed by atoms with van der Waals surface area (Å²) in [5.74, 6) is 0.790. The molecule has 2 aromatic heterocycles. The van der Waals surface area contributed by atoms with Gasteiger partial charge in [-0.3, -0.25) is 4.98 Å². The molecule has 0 aliphatic carbocycles. The largest absolute Gasteiger partial charge is 0.357 e. The van der Waals surface area contributed by atoms with E-state index in [4.69, 9.17) is 0 Å². The Bertz CT molecular complexity index is 841. The number of benzene rings is 1. The maximum Gasteiger partial charge on any atom is 0.191 e. The lowest BCUT2D eigenvalue weighted by Gasteiger charge is -2.10. The number of aromatic nitrogens is 2. The lowest BCUT2D eigenvalue weighted by atomic mass is 10.1. The number of thiazole rings is 1. The molecule has 0 fully saturated rings. The molecule has 0 aliphatic rings. The average molecular weight is 467 g/mol. The molecule has 2 heterocycles. The van der Waals surface area contributed by atoms with Gasteiger partial charge in [0.1, 0.15) is 5.01 Å². The van der Waals surface area contributed by atoms with Gasteiger partial charge in [0.25, 0.3) is 0 Å². The van der Waals surface area contributed by atoms with Crippen LogP contribution in [0.1, 0.15) is 22.4 Å². The van der Waals surface area contributed by atoms with Crippen LogP contribution < -0.4 is 10.6 Å². The van der Waals surface area contributed by atoms with Crippen molar-refractivity contribution in [2.24, 2.45) is 4.99 Å². The van der Waals surface area contributed by atoms with E-state index < -0.39 is 0 Å². The van der Waals surface area contributed by atoms with E-state index in [1.54, 1.807) is 11.3 Å². The van der Waals surface area contributed by atoms with Gasteiger partial charge in [0.15, 0.2) is 5.96 Å².